The molecule has 0 unspecified atom stereocenters. The molecule has 0 spiro atoms. The van der Waals surface area contributed by atoms with Crippen LogP contribution in [0.3, 0.4) is 0 Å². The van der Waals surface area contributed by atoms with Gasteiger partial charge in [-0.3, -0.25) is 9.69 Å². The molecule has 1 heterocycles. The Kier molecular flexibility index (Phi) is 7.37. The molecule has 2 aromatic rings. The molecular weight excluding hydrogens is 394 g/mol. The average molecular weight is 424 g/mol. The van der Waals surface area contributed by atoms with Crippen LogP contribution >= 0.6 is 0 Å². The topological polar surface area (TPSA) is 83.8 Å². The lowest BCUT2D eigenvalue weighted by molar-refractivity contribution is 0.0905. The third kappa shape index (κ3) is 5.68. The first-order chi connectivity index (χ1) is 15.0. The van der Waals surface area contributed by atoms with Crippen molar-refractivity contribution in [3.63, 3.8) is 0 Å². The molecule has 1 aliphatic heterocycles. The second-order valence-corrected chi connectivity index (χ2v) is 7.80. The van der Waals surface area contributed by atoms with E-state index in [1.807, 2.05) is 18.2 Å². The van der Waals surface area contributed by atoms with Crippen LogP contribution in [-0.2, 0) is 6.54 Å². The van der Waals surface area contributed by atoms with E-state index in [1.54, 1.807) is 39.5 Å². The zero-order valence-corrected chi connectivity index (χ0v) is 18.3. The van der Waals surface area contributed by atoms with Gasteiger partial charge in [-0.2, -0.15) is 5.26 Å². The minimum absolute atomic E-state index is 0.245. The van der Waals surface area contributed by atoms with Gasteiger partial charge in [0.1, 0.15) is 17.2 Å². The van der Waals surface area contributed by atoms with Crippen molar-refractivity contribution in [1.82, 2.24) is 10.2 Å². The zero-order chi connectivity index (χ0) is 22.3. The number of ether oxygens (including phenoxy) is 3. The number of carbonyl (C=O) groups is 1. The fourth-order valence-corrected chi connectivity index (χ4v) is 3.79. The van der Waals surface area contributed by atoms with Crippen LogP contribution < -0.4 is 19.5 Å². The molecular formula is C24H29N3O4. The highest BCUT2D eigenvalue weighted by Gasteiger charge is 2.35. The van der Waals surface area contributed by atoms with Crippen molar-refractivity contribution >= 4 is 5.91 Å². The van der Waals surface area contributed by atoms with Gasteiger partial charge in [-0.1, -0.05) is 12.1 Å². The Morgan fingerprint density at radius 2 is 1.68 bits per heavy atom. The summed E-state index contributed by atoms with van der Waals surface area (Å²) in [5.74, 6) is 1.69. The van der Waals surface area contributed by atoms with Crippen molar-refractivity contribution in [2.45, 2.75) is 19.4 Å². The molecule has 0 saturated carbocycles. The second-order valence-electron chi connectivity index (χ2n) is 7.80. The first-order valence-corrected chi connectivity index (χ1v) is 10.3. The zero-order valence-electron chi connectivity index (χ0n) is 18.3. The highest BCUT2D eigenvalue weighted by Crippen LogP contribution is 2.31. The fraction of sp³-hybridized carbons (Fsp3) is 0.417. The minimum atomic E-state index is -0.566. The Morgan fingerprint density at radius 3 is 2.26 bits per heavy atom. The maximum atomic E-state index is 12.7. The minimum Gasteiger partial charge on any atom is -0.497 e. The maximum absolute atomic E-state index is 12.7. The smallest absolute Gasteiger partial charge is 0.251 e. The first kappa shape index (κ1) is 22.4. The molecule has 0 radical (unpaired) electrons. The Bertz CT molecular complexity index is 924. The van der Waals surface area contributed by atoms with E-state index in [4.69, 9.17) is 14.2 Å². The van der Waals surface area contributed by atoms with Gasteiger partial charge in [-0.25, -0.2) is 0 Å². The molecule has 31 heavy (non-hydrogen) atoms. The number of piperidine rings is 1. The number of hydrogen-bond acceptors (Lipinski definition) is 6. The van der Waals surface area contributed by atoms with Crippen molar-refractivity contribution < 1.29 is 19.0 Å². The van der Waals surface area contributed by atoms with Gasteiger partial charge < -0.3 is 19.5 Å². The molecule has 1 N–H and O–H groups in total. The molecule has 1 saturated heterocycles. The highest BCUT2D eigenvalue weighted by atomic mass is 16.5. The normalized spacial score (nSPS) is 15.5. The number of likely N-dealkylation sites (tertiary alicyclic amines) is 1. The number of nitrogens with one attached hydrogen (secondary N) is 1. The Hall–Kier alpha value is -3.24. The first-order valence-electron chi connectivity index (χ1n) is 10.3. The maximum Gasteiger partial charge on any atom is 0.251 e. The van der Waals surface area contributed by atoms with Gasteiger partial charge in [0.15, 0.2) is 0 Å². The summed E-state index contributed by atoms with van der Waals surface area (Å²) in [6, 6.07) is 15.5. The molecule has 1 fully saturated rings. The molecule has 0 aliphatic carbocycles. The largest absolute Gasteiger partial charge is 0.497 e. The molecule has 1 aliphatic rings. The summed E-state index contributed by atoms with van der Waals surface area (Å²) in [5.41, 5.74) is 1.06. The summed E-state index contributed by atoms with van der Waals surface area (Å²) in [4.78, 5) is 15.0. The number of amides is 1. The summed E-state index contributed by atoms with van der Waals surface area (Å²) in [5, 5.41) is 12.8. The van der Waals surface area contributed by atoms with Crippen LogP contribution in [0.4, 0.5) is 0 Å². The molecule has 0 bridgehead atoms. The lowest BCUT2D eigenvalue weighted by atomic mass is 9.79. The number of nitrogens with zero attached hydrogens (tertiary/aromatic N) is 2. The second kappa shape index (κ2) is 10.2. The summed E-state index contributed by atoms with van der Waals surface area (Å²) >= 11 is 0. The Labute approximate surface area is 183 Å². The van der Waals surface area contributed by atoms with Gasteiger partial charge >= 0.3 is 0 Å². The van der Waals surface area contributed by atoms with Gasteiger partial charge in [0.2, 0.25) is 0 Å². The van der Waals surface area contributed by atoms with Crippen LogP contribution in [0.2, 0.25) is 0 Å². The number of methoxy groups -OCH3 is 3. The molecule has 0 atom stereocenters. The number of hydrogen-bond donors (Lipinski definition) is 1. The van der Waals surface area contributed by atoms with E-state index in [2.05, 4.69) is 22.4 Å². The van der Waals surface area contributed by atoms with Gasteiger partial charge in [0, 0.05) is 37.8 Å². The SMILES string of the molecule is COc1cccc(CN2CCC(C#N)(CNC(=O)c3cc(OC)cc(OC)c3)CC2)c1. The molecule has 1 amide bonds. The standard InChI is InChI=1S/C24H29N3O4/c1-29-20-6-4-5-18(11-20)15-27-9-7-24(16-25,8-10-27)17-26-23(28)19-12-21(30-2)14-22(13-19)31-3/h4-6,11-14H,7-10,15,17H2,1-3H3,(H,26,28). The number of benzene rings is 2. The van der Waals surface area contributed by atoms with Crippen LogP contribution in [-0.4, -0.2) is 51.8 Å². The molecule has 7 heteroatoms. The van der Waals surface area contributed by atoms with Crippen molar-refractivity contribution in [2.24, 2.45) is 5.41 Å². The van der Waals surface area contributed by atoms with Gasteiger partial charge in [0.25, 0.3) is 5.91 Å². The van der Waals surface area contributed by atoms with Gasteiger partial charge in [0.05, 0.1) is 32.8 Å². The van der Waals surface area contributed by atoms with E-state index in [0.717, 1.165) is 25.4 Å². The predicted octanol–water partition coefficient (Wildman–Crippen LogP) is 3.25. The quantitative estimate of drug-likeness (QED) is 0.702. The molecule has 0 aromatic heterocycles. The third-order valence-corrected chi connectivity index (χ3v) is 5.79. The van der Waals surface area contributed by atoms with Gasteiger partial charge in [-0.15, -0.1) is 0 Å². The molecule has 2 aromatic carbocycles. The van der Waals surface area contributed by atoms with Crippen LogP contribution in [0.15, 0.2) is 42.5 Å². The molecule has 164 valence electrons. The van der Waals surface area contributed by atoms with Crippen molar-refractivity contribution in [3.05, 3.63) is 53.6 Å². The number of nitriles is 1. The van der Waals surface area contributed by atoms with Crippen LogP contribution in [0.25, 0.3) is 0 Å². The summed E-state index contributed by atoms with van der Waals surface area (Å²) in [7, 11) is 4.75. The van der Waals surface area contributed by atoms with E-state index in [9.17, 15) is 10.1 Å². The Balaban J connectivity index is 1.58. The van der Waals surface area contributed by atoms with E-state index >= 15 is 0 Å². The summed E-state index contributed by atoms with van der Waals surface area (Å²) in [6.45, 7) is 2.73. The number of carbonyl (C=O) groups excluding carboxylic acids is 1. The van der Waals surface area contributed by atoms with Gasteiger partial charge in [-0.05, 0) is 42.7 Å². The van der Waals surface area contributed by atoms with E-state index in [0.29, 0.717) is 36.4 Å². The third-order valence-electron chi connectivity index (χ3n) is 5.79. The van der Waals surface area contributed by atoms with Crippen molar-refractivity contribution in [3.8, 4) is 23.3 Å². The number of rotatable bonds is 8. The molecule has 3 rings (SSSR count). The average Bonchev–Trinajstić information content (AvgIpc) is 2.83. The fourth-order valence-electron chi connectivity index (χ4n) is 3.79. The van der Waals surface area contributed by atoms with E-state index in [-0.39, 0.29) is 5.91 Å². The lowest BCUT2D eigenvalue weighted by Crippen LogP contribution is -2.45. The van der Waals surface area contributed by atoms with E-state index < -0.39 is 5.41 Å². The Morgan fingerprint density at radius 1 is 1.03 bits per heavy atom. The lowest BCUT2D eigenvalue weighted by Gasteiger charge is -2.37. The van der Waals surface area contributed by atoms with Crippen molar-refractivity contribution in [2.75, 3.05) is 41.0 Å². The predicted molar refractivity (Wildman–Crippen MR) is 117 cm³/mol. The summed E-state index contributed by atoms with van der Waals surface area (Å²) < 4.78 is 15.8. The summed E-state index contributed by atoms with van der Waals surface area (Å²) in [6.07, 6.45) is 1.41. The van der Waals surface area contributed by atoms with Crippen LogP contribution in [0, 0.1) is 16.7 Å². The van der Waals surface area contributed by atoms with Crippen molar-refractivity contribution in [1.29, 1.82) is 5.26 Å². The van der Waals surface area contributed by atoms with Crippen LogP contribution in [0.5, 0.6) is 17.2 Å². The van der Waals surface area contributed by atoms with E-state index in [1.165, 1.54) is 5.56 Å². The highest BCUT2D eigenvalue weighted by molar-refractivity contribution is 5.95. The molecule has 7 nitrogen and oxygen atoms in total. The van der Waals surface area contributed by atoms with Crippen LogP contribution in [0.1, 0.15) is 28.8 Å². The monoisotopic (exact) mass is 423 g/mol.